The average molecular weight is 348 g/mol. The Morgan fingerprint density at radius 1 is 1.33 bits per heavy atom. The lowest BCUT2D eigenvalue weighted by Crippen LogP contribution is -2.11. The van der Waals surface area contributed by atoms with Gasteiger partial charge in [0, 0.05) is 6.07 Å². The van der Waals surface area contributed by atoms with E-state index in [9.17, 15) is 13.2 Å². The number of ether oxygens (including phenoxy) is 1. The van der Waals surface area contributed by atoms with Crippen molar-refractivity contribution in [3.8, 4) is 5.75 Å². The molecule has 2 rings (SSSR count). The monoisotopic (exact) mass is 347 g/mol. The second kappa shape index (κ2) is 5.92. The van der Waals surface area contributed by atoms with E-state index in [-0.39, 0.29) is 14.8 Å². The maximum atomic E-state index is 12.2. The van der Waals surface area contributed by atoms with Crippen LogP contribution in [0.5, 0.6) is 5.75 Å². The predicted molar refractivity (Wildman–Crippen MR) is 80.1 cm³/mol. The SMILES string of the molecule is COc1cc(NS(=O)(=O)c2ccc(C(=O)O)s2)ccc1Cl. The number of nitrogens with one attached hydrogen (secondary N) is 1. The highest BCUT2D eigenvalue weighted by molar-refractivity contribution is 7.94. The number of carboxylic acids is 1. The van der Waals surface area contributed by atoms with Gasteiger partial charge in [-0.25, -0.2) is 13.2 Å². The van der Waals surface area contributed by atoms with Crippen molar-refractivity contribution in [2.24, 2.45) is 0 Å². The number of thiophene rings is 1. The van der Waals surface area contributed by atoms with Crippen molar-refractivity contribution in [1.29, 1.82) is 0 Å². The molecule has 1 aromatic carbocycles. The third-order valence-electron chi connectivity index (χ3n) is 2.46. The number of anilines is 1. The highest BCUT2D eigenvalue weighted by atomic mass is 35.5. The maximum absolute atomic E-state index is 12.2. The summed E-state index contributed by atoms with van der Waals surface area (Å²) in [6.45, 7) is 0. The molecule has 0 spiro atoms. The summed E-state index contributed by atoms with van der Waals surface area (Å²) in [6, 6.07) is 6.89. The molecule has 21 heavy (non-hydrogen) atoms. The summed E-state index contributed by atoms with van der Waals surface area (Å²) in [5.41, 5.74) is 0.265. The molecule has 1 heterocycles. The number of benzene rings is 1. The minimum absolute atomic E-state index is 0.0518. The average Bonchev–Trinajstić information content (AvgIpc) is 2.91. The molecule has 0 bridgehead atoms. The molecule has 9 heteroatoms. The fraction of sp³-hybridized carbons (Fsp3) is 0.0833. The van der Waals surface area contributed by atoms with Crippen LogP contribution in [0, 0.1) is 0 Å². The molecule has 0 radical (unpaired) electrons. The van der Waals surface area contributed by atoms with Crippen LogP contribution in [0.25, 0.3) is 0 Å². The Balaban J connectivity index is 2.30. The molecule has 0 fully saturated rings. The van der Waals surface area contributed by atoms with Crippen LogP contribution in [-0.4, -0.2) is 26.6 Å². The predicted octanol–water partition coefficient (Wildman–Crippen LogP) is 2.91. The van der Waals surface area contributed by atoms with E-state index >= 15 is 0 Å². The third-order valence-corrected chi connectivity index (χ3v) is 5.72. The topological polar surface area (TPSA) is 92.7 Å². The second-order valence-corrected chi connectivity index (χ2v) is 7.28. The van der Waals surface area contributed by atoms with Gasteiger partial charge in [-0.3, -0.25) is 4.72 Å². The van der Waals surface area contributed by atoms with E-state index < -0.39 is 16.0 Å². The van der Waals surface area contributed by atoms with E-state index in [1.807, 2.05) is 0 Å². The van der Waals surface area contributed by atoms with Crippen molar-refractivity contribution in [2.45, 2.75) is 4.21 Å². The molecule has 0 aliphatic heterocycles. The first-order chi connectivity index (χ1) is 9.83. The number of carboxylic acid groups (broad SMARTS) is 1. The smallest absolute Gasteiger partial charge is 0.345 e. The molecule has 0 aliphatic rings. The molecule has 2 aromatic rings. The van der Waals surface area contributed by atoms with Crippen molar-refractivity contribution < 1.29 is 23.1 Å². The first-order valence-electron chi connectivity index (χ1n) is 5.53. The van der Waals surface area contributed by atoms with Gasteiger partial charge in [0.1, 0.15) is 14.8 Å². The normalized spacial score (nSPS) is 11.1. The van der Waals surface area contributed by atoms with Crippen LogP contribution in [0.15, 0.2) is 34.5 Å². The lowest BCUT2D eigenvalue weighted by atomic mass is 10.3. The quantitative estimate of drug-likeness (QED) is 0.867. The van der Waals surface area contributed by atoms with Crippen LogP contribution >= 0.6 is 22.9 Å². The fourth-order valence-corrected chi connectivity index (χ4v) is 3.90. The molecule has 0 atom stereocenters. The Labute approximate surface area is 130 Å². The third kappa shape index (κ3) is 3.46. The summed E-state index contributed by atoms with van der Waals surface area (Å²) in [5.74, 6) is -0.844. The van der Waals surface area contributed by atoms with Gasteiger partial charge in [-0.15, -0.1) is 11.3 Å². The van der Waals surface area contributed by atoms with Crippen LogP contribution < -0.4 is 9.46 Å². The maximum Gasteiger partial charge on any atom is 0.345 e. The Bertz CT molecular complexity index is 785. The number of halogens is 1. The summed E-state index contributed by atoms with van der Waals surface area (Å²) in [4.78, 5) is 10.7. The summed E-state index contributed by atoms with van der Waals surface area (Å²) in [6.07, 6.45) is 0. The van der Waals surface area contributed by atoms with Crippen LogP contribution in [0.3, 0.4) is 0 Å². The Morgan fingerprint density at radius 2 is 2.05 bits per heavy atom. The van der Waals surface area contributed by atoms with E-state index in [1.165, 1.54) is 37.4 Å². The van der Waals surface area contributed by atoms with E-state index in [0.29, 0.717) is 22.1 Å². The van der Waals surface area contributed by atoms with Crippen molar-refractivity contribution in [2.75, 3.05) is 11.8 Å². The summed E-state index contributed by atoms with van der Waals surface area (Å²) in [7, 11) is -2.44. The Kier molecular flexibility index (Phi) is 4.40. The molecule has 1 aromatic heterocycles. The van der Waals surface area contributed by atoms with Gasteiger partial charge in [0.25, 0.3) is 10.0 Å². The van der Waals surface area contributed by atoms with Crippen molar-refractivity contribution >= 4 is 44.6 Å². The lowest BCUT2D eigenvalue weighted by Gasteiger charge is -2.09. The molecule has 0 amide bonds. The number of hydrogen-bond acceptors (Lipinski definition) is 5. The molecule has 2 N–H and O–H groups in total. The Morgan fingerprint density at radius 3 is 2.62 bits per heavy atom. The van der Waals surface area contributed by atoms with E-state index in [4.69, 9.17) is 21.4 Å². The second-order valence-electron chi connectivity index (χ2n) is 3.88. The summed E-state index contributed by atoms with van der Waals surface area (Å²) in [5, 5.41) is 9.17. The lowest BCUT2D eigenvalue weighted by molar-refractivity contribution is 0.0702. The number of rotatable bonds is 5. The van der Waals surface area contributed by atoms with Gasteiger partial charge in [0.05, 0.1) is 17.8 Å². The van der Waals surface area contributed by atoms with E-state index in [1.54, 1.807) is 0 Å². The highest BCUT2D eigenvalue weighted by Gasteiger charge is 2.19. The van der Waals surface area contributed by atoms with E-state index in [2.05, 4.69) is 4.72 Å². The largest absolute Gasteiger partial charge is 0.495 e. The molecular weight excluding hydrogens is 338 g/mol. The molecule has 0 unspecified atom stereocenters. The first kappa shape index (κ1) is 15.6. The van der Waals surface area contributed by atoms with Gasteiger partial charge in [-0.1, -0.05) is 11.6 Å². The van der Waals surface area contributed by atoms with Gasteiger partial charge in [-0.05, 0) is 24.3 Å². The molecule has 0 saturated heterocycles. The zero-order valence-electron chi connectivity index (χ0n) is 10.7. The number of sulfonamides is 1. The van der Waals surface area contributed by atoms with Crippen LogP contribution in [-0.2, 0) is 10.0 Å². The number of carbonyl (C=O) groups is 1. The van der Waals surface area contributed by atoms with Crippen molar-refractivity contribution in [3.05, 3.63) is 40.2 Å². The first-order valence-corrected chi connectivity index (χ1v) is 8.21. The van der Waals surface area contributed by atoms with Gasteiger partial charge >= 0.3 is 5.97 Å². The minimum Gasteiger partial charge on any atom is -0.495 e. The van der Waals surface area contributed by atoms with Gasteiger partial charge in [-0.2, -0.15) is 0 Å². The molecule has 6 nitrogen and oxygen atoms in total. The molecule has 0 saturated carbocycles. The van der Waals surface area contributed by atoms with Gasteiger partial charge in [0.15, 0.2) is 0 Å². The number of methoxy groups -OCH3 is 1. The Hall–Kier alpha value is -1.77. The molecule has 0 aliphatic carbocycles. The minimum atomic E-state index is -3.86. The van der Waals surface area contributed by atoms with Gasteiger partial charge < -0.3 is 9.84 Å². The summed E-state index contributed by atoms with van der Waals surface area (Å²) >= 11 is 6.53. The fourth-order valence-electron chi connectivity index (χ4n) is 1.51. The number of aromatic carboxylic acids is 1. The van der Waals surface area contributed by atoms with E-state index in [0.717, 1.165) is 0 Å². The van der Waals surface area contributed by atoms with Crippen LogP contribution in [0.4, 0.5) is 5.69 Å². The van der Waals surface area contributed by atoms with Crippen molar-refractivity contribution in [3.63, 3.8) is 0 Å². The van der Waals surface area contributed by atoms with Crippen molar-refractivity contribution in [1.82, 2.24) is 0 Å². The number of hydrogen-bond donors (Lipinski definition) is 2. The highest BCUT2D eigenvalue weighted by Crippen LogP contribution is 2.29. The molecular formula is C12H10ClNO5S2. The van der Waals surface area contributed by atoms with Crippen LogP contribution in [0.1, 0.15) is 9.67 Å². The van der Waals surface area contributed by atoms with Gasteiger partial charge in [0.2, 0.25) is 0 Å². The molecule has 112 valence electrons. The van der Waals surface area contributed by atoms with Crippen LogP contribution in [0.2, 0.25) is 5.02 Å². The zero-order valence-corrected chi connectivity index (χ0v) is 13.1. The zero-order chi connectivity index (χ0) is 15.6. The summed E-state index contributed by atoms with van der Waals surface area (Å²) < 4.78 is 31.6. The standard InChI is InChI=1S/C12H10ClNO5S2/c1-19-9-6-7(2-3-8(9)13)14-21(17,18)11-5-4-10(20-11)12(15)16/h2-6,14H,1H3,(H,15,16).